The van der Waals surface area contributed by atoms with Crippen LogP contribution < -0.4 is 20.4 Å². The highest BCUT2D eigenvalue weighted by Crippen LogP contribution is 2.36. The largest absolute Gasteiger partial charge is 0.396 e. The van der Waals surface area contributed by atoms with Gasteiger partial charge in [0.1, 0.15) is 12.1 Å². The van der Waals surface area contributed by atoms with E-state index in [0.717, 1.165) is 61.6 Å². The Labute approximate surface area is 183 Å². The Balaban J connectivity index is 1.32. The van der Waals surface area contributed by atoms with E-state index in [9.17, 15) is 5.11 Å². The highest BCUT2D eigenvalue weighted by atomic mass is 16.3. The average molecular weight is 419 g/mol. The fourth-order valence-electron chi connectivity index (χ4n) is 4.61. The predicted molar refractivity (Wildman–Crippen MR) is 127 cm³/mol. The van der Waals surface area contributed by atoms with Gasteiger partial charge in [-0.3, -0.25) is 0 Å². The highest BCUT2D eigenvalue weighted by Gasteiger charge is 2.20. The molecular formula is C24H30N6O. The number of rotatable bonds is 6. The summed E-state index contributed by atoms with van der Waals surface area (Å²) in [5.74, 6) is 1.31. The standard InChI is InChI=1S/C24H30N6O/c1-2-29-16-28-22-11-20-21(12-23(22)29)26-15-27-24(20)25-13-18-4-3-5-19(10-18)30-8-6-17(14-31)7-9-30/h3-5,10-12,15,17,28,31H,2,6-9,13-14,16H2,1H3,(H,25,26,27). The van der Waals surface area contributed by atoms with E-state index >= 15 is 0 Å². The van der Waals surface area contributed by atoms with E-state index in [2.05, 4.69) is 73.7 Å². The summed E-state index contributed by atoms with van der Waals surface area (Å²) in [5.41, 5.74) is 5.78. The molecule has 0 aliphatic carbocycles. The zero-order valence-electron chi connectivity index (χ0n) is 18.0. The molecule has 0 amide bonds. The molecule has 3 aromatic rings. The van der Waals surface area contributed by atoms with Gasteiger partial charge in [-0.2, -0.15) is 0 Å². The molecule has 0 atom stereocenters. The van der Waals surface area contributed by atoms with Crippen LogP contribution in [0.3, 0.4) is 0 Å². The lowest BCUT2D eigenvalue weighted by atomic mass is 9.97. The van der Waals surface area contributed by atoms with Gasteiger partial charge in [0.15, 0.2) is 0 Å². The second kappa shape index (κ2) is 8.59. The smallest absolute Gasteiger partial charge is 0.137 e. The zero-order chi connectivity index (χ0) is 21.2. The minimum Gasteiger partial charge on any atom is -0.396 e. The Morgan fingerprint density at radius 1 is 1.16 bits per heavy atom. The van der Waals surface area contributed by atoms with Crippen LogP contribution in [0.2, 0.25) is 0 Å². The van der Waals surface area contributed by atoms with Crippen molar-refractivity contribution in [3.63, 3.8) is 0 Å². The minimum absolute atomic E-state index is 0.305. The van der Waals surface area contributed by atoms with E-state index in [1.807, 2.05) is 0 Å². The first-order valence-electron chi connectivity index (χ1n) is 11.2. The summed E-state index contributed by atoms with van der Waals surface area (Å²) in [7, 11) is 0. The Kier molecular flexibility index (Phi) is 5.51. The molecule has 162 valence electrons. The fraction of sp³-hybridized carbons (Fsp3) is 0.417. The van der Waals surface area contributed by atoms with Gasteiger partial charge >= 0.3 is 0 Å². The number of piperidine rings is 1. The molecule has 1 saturated heterocycles. The molecule has 2 aliphatic heterocycles. The Morgan fingerprint density at radius 2 is 2.03 bits per heavy atom. The van der Waals surface area contributed by atoms with Crippen LogP contribution in [-0.2, 0) is 6.54 Å². The molecule has 3 heterocycles. The van der Waals surface area contributed by atoms with Crippen LogP contribution in [0, 0.1) is 5.92 Å². The number of benzene rings is 2. The molecule has 5 rings (SSSR count). The van der Waals surface area contributed by atoms with Gasteiger partial charge in [0, 0.05) is 43.9 Å². The van der Waals surface area contributed by atoms with Crippen molar-refractivity contribution in [2.75, 3.05) is 53.3 Å². The van der Waals surface area contributed by atoms with Gasteiger partial charge in [-0.05, 0) is 55.5 Å². The SMILES string of the molecule is CCN1CNc2cc3c(NCc4cccc(N5CCC(CO)CC5)c4)ncnc3cc21. The number of aliphatic hydroxyl groups is 1. The summed E-state index contributed by atoms with van der Waals surface area (Å²) < 4.78 is 0. The summed E-state index contributed by atoms with van der Waals surface area (Å²) in [5, 5.41) is 17.4. The molecule has 2 aromatic carbocycles. The van der Waals surface area contributed by atoms with Crippen molar-refractivity contribution in [3.05, 3.63) is 48.3 Å². The Hall–Kier alpha value is -3.06. The molecule has 2 aliphatic rings. The highest BCUT2D eigenvalue weighted by molar-refractivity contribution is 5.97. The normalized spacial score (nSPS) is 16.5. The summed E-state index contributed by atoms with van der Waals surface area (Å²) in [4.78, 5) is 13.7. The van der Waals surface area contributed by atoms with Gasteiger partial charge in [0.25, 0.3) is 0 Å². The number of nitrogens with one attached hydrogen (secondary N) is 2. The number of nitrogens with zero attached hydrogens (tertiary/aromatic N) is 4. The molecule has 1 aromatic heterocycles. The molecule has 0 bridgehead atoms. The van der Waals surface area contributed by atoms with E-state index < -0.39 is 0 Å². The lowest BCUT2D eigenvalue weighted by Gasteiger charge is -2.33. The maximum absolute atomic E-state index is 9.38. The van der Waals surface area contributed by atoms with Crippen LogP contribution in [0.1, 0.15) is 25.3 Å². The summed E-state index contributed by atoms with van der Waals surface area (Å²) in [6.07, 6.45) is 3.75. The van der Waals surface area contributed by atoms with Crippen molar-refractivity contribution in [2.24, 2.45) is 5.92 Å². The summed E-state index contributed by atoms with van der Waals surface area (Å²) in [6.45, 7) is 6.99. The molecule has 0 spiro atoms. The minimum atomic E-state index is 0.305. The number of anilines is 4. The number of hydrogen-bond donors (Lipinski definition) is 3. The molecule has 3 N–H and O–H groups in total. The van der Waals surface area contributed by atoms with Crippen LogP contribution >= 0.6 is 0 Å². The Bertz CT molecular complexity index is 1060. The summed E-state index contributed by atoms with van der Waals surface area (Å²) in [6, 6.07) is 13.0. The number of hydrogen-bond acceptors (Lipinski definition) is 7. The number of aliphatic hydroxyl groups excluding tert-OH is 1. The van der Waals surface area contributed by atoms with Gasteiger partial charge < -0.3 is 25.5 Å². The monoisotopic (exact) mass is 418 g/mol. The van der Waals surface area contributed by atoms with Crippen LogP contribution in [0.25, 0.3) is 10.9 Å². The lowest BCUT2D eigenvalue weighted by molar-refractivity contribution is 0.203. The van der Waals surface area contributed by atoms with Gasteiger partial charge in [0.2, 0.25) is 0 Å². The molecule has 0 radical (unpaired) electrons. The Morgan fingerprint density at radius 3 is 2.84 bits per heavy atom. The van der Waals surface area contributed by atoms with E-state index in [0.29, 0.717) is 19.1 Å². The van der Waals surface area contributed by atoms with Crippen molar-refractivity contribution in [2.45, 2.75) is 26.3 Å². The number of fused-ring (bicyclic) bond motifs is 2. The van der Waals surface area contributed by atoms with E-state index in [1.165, 1.54) is 16.9 Å². The van der Waals surface area contributed by atoms with Crippen molar-refractivity contribution in [1.29, 1.82) is 0 Å². The van der Waals surface area contributed by atoms with Crippen molar-refractivity contribution >= 4 is 33.8 Å². The molecular weight excluding hydrogens is 388 g/mol. The third-order valence-corrected chi connectivity index (χ3v) is 6.54. The molecule has 7 heteroatoms. The van der Waals surface area contributed by atoms with E-state index in [1.54, 1.807) is 6.33 Å². The van der Waals surface area contributed by atoms with Gasteiger partial charge in [-0.1, -0.05) is 12.1 Å². The second-order valence-corrected chi connectivity index (χ2v) is 8.44. The van der Waals surface area contributed by atoms with Crippen molar-refractivity contribution < 1.29 is 5.11 Å². The lowest BCUT2D eigenvalue weighted by Crippen LogP contribution is -2.34. The molecule has 0 saturated carbocycles. The maximum Gasteiger partial charge on any atom is 0.137 e. The number of aromatic nitrogens is 2. The maximum atomic E-state index is 9.38. The van der Waals surface area contributed by atoms with Crippen molar-refractivity contribution in [3.8, 4) is 0 Å². The third-order valence-electron chi connectivity index (χ3n) is 6.54. The summed E-state index contributed by atoms with van der Waals surface area (Å²) >= 11 is 0. The fourth-order valence-corrected chi connectivity index (χ4v) is 4.61. The first kappa shape index (κ1) is 19.9. The second-order valence-electron chi connectivity index (χ2n) is 8.44. The van der Waals surface area contributed by atoms with E-state index in [4.69, 9.17) is 0 Å². The zero-order valence-corrected chi connectivity index (χ0v) is 18.0. The van der Waals surface area contributed by atoms with Crippen LogP contribution in [-0.4, -0.2) is 48.0 Å². The molecule has 1 fully saturated rings. The topological polar surface area (TPSA) is 76.5 Å². The van der Waals surface area contributed by atoms with Gasteiger partial charge in [-0.15, -0.1) is 0 Å². The first-order chi connectivity index (χ1) is 15.2. The van der Waals surface area contributed by atoms with Crippen LogP contribution in [0.5, 0.6) is 0 Å². The van der Waals surface area contributed by atoms with Crippen LogP contribution in [0.4, 0.5) is 22.9 Å². The molecule has 31 heavy (non-hydrogen) atoms. The van der Waals surface area contributed by atoms with Crippen molar-refractivity contribution in [1.82, 2.24) is 9.97 Å². The molecule has 0 unspecified atom stereocenters. The average Bonchev–Trinajstić information content (AvgIpc) is 3.23. The molecule has 7 nitrogen and oxygen atoms in total. The third kappa shape index (κ3) is 3.97. The quantitative estimate of drug-likeness (QED) is 0.564. The predicted octanol–water partition coefficient (Wildman–Crippen LogP) is 3.66. The van der Waals surface area contributed by atoms with E-state index in [-0.39, 0.29) is 0 Å². The van der Waals surface area contributed by atoms with Gasteiger partial charge in [-0.25, -0.2) is 9.97 Å². The van der Waals surface area contributed by atoms with Crippen LogP contribution in [0.15, 0.2) is 42.7 Å². The first-order valence-corrected chi connectivity index (χ1v) is 11.2. The van der Waals surface area contributed by atoms with Gasteiger partial charge in [0.05, 0.1) is 23.6 Å².